The molecule has 2 fully saturated rings. The Labute approximate surface area is 183 Å². The van der Waals surface area contributed by atoms with E-state index in [0.29, 0.717) is 31.1 Å². The summed E-state index contributed by atoms with van der Waals surface area (Å²) in [5, 5.41) is 10.7. The predicted octanol–water partition coefficient (Wildman–Crippen LogP) is 2.07. The Bertz CT molecular complexity index is 835. The molecule has 2 aliphatic heterocycles. The van der Waals surface area contributed by atoms with E-state index in [1.54, 1.807) is 10.9 Å². The Morgan fingerprint density at radius 1 is 1.17 bits per heavy atom. The van der Waals surface area contributed by atoms with Gasteiger partial charge >= 0.3 is 0 Å². The molecule has 2 aromatic rings. The summed E-state index contributed by atoms with van der Waals surface area (Å²) in [7, 11) is 0. The van der Waals surface area contributed by atoms with Crippen molar-refractivity contribution in [1.29, 1.82) is 0 Å². The molecule has 30 heavy (non-hydrogen) atoms. The molecule has 2 saturated heterocycles. The molecule has 2 aliphatic rings. The van der Waals surface area contributed by atoms with Crippen LogP contribution in [-0.2, 0) is 11.3 Å². The van der Waals surface area contributed by atoms with Crippen LogP contribution in [0.1, 0.15) is 41.6 Å². The molecule has 0 spiro atoms. The number of piperidine rings is 1. The van der Waals surface area contributed by atoms with Gasteiger partial charge in [0.05, 0.1) is 24.3 Å². The number of benzene rings is 1. The molecule has 2 unspecified atom stereocenters. The highest BCUT2D eigenvalue weighted by atomic mass is 35.5. The van der Waals surface area contributed by atoms with Crippen LogP contribution in [0.2, 0.25) is 0 Å². The monoisotopic (exact) mass is 431 g/mol. The van der Waals surface area contributed by atoms with Gasteiger partial charge < -0.3 is 15.5 Å². The molecule has 162 valence electrons. The summed E-state index contributed by atoms with van der Waals surface area (Å²) in [5.41, 5.74) is 1.78. The number of nitrogens with one attached hydrogen (secondary N) is 2. The Morgan fingerprint density at radius 3 is 2.77 bits per heavy atom. The number of amides is 2. The third kappa shape index (κ3) is 5.61. The minimum absolute atomic E-state index is 0. The molecule has 7 nitrogen and oxygen atoms in total. The topological polar surface area (TPSA) is 79.3 Å². The van der Waals surface area contributed by atoms with Gasteiger partial charge in [0.2, 0.25) is 5.91 Å². The average molecular weight is 432 g/mol. The number of likely N-dealkylation sites (tertiary alicyclic amines) is 1. The van der Waals surface area contributed by atoms with Crippen LogP contribution in [0.25, 0.3) is 0 Å². The lowest BCUT2D eigenvalue weighted by Crippen LogP contribution is -2.46. The largest absolute Gasteiger partial charge is 0.354 e. The maximum atomic E-state index is 12.9. The highest BCUT2D eigenvalue weighted by molar-refractivity contribution is 5.93. The van der Waals surface area contributed by atoms with Crippen LogP contribution in [0, 0.1) is 5.92 Å². The molecule has 0 aliphatic carbocycles. The van der Waals surface area contributed by atoms with E-state index >= 15 is 0 Å². The van der Waals surface area contributed by atoms with Crippen molar-refractivity contribution in [2.24, 2.45) is 5.92 Å². The van der Waals surface area contributed by atoms with Crippen LogP contribution in [0.5, 0.6) is 0 Å². The van der Waals surface area contributed by atoms with Gasteiger partial charge in [-0.2, -0.15) is 5.10 Å². The molecule has 2 atom stereocenters. The summed E-state index contributed by atoms with van der Waals surface area (Å²) in [6, 6.07) is 10.0. The van der Waals surface area contributed by atoms with E-state index in [0.717, 1.165) is 44.3 Å². The maximum Gasteiger partial charge on any atom is 0.257 e. The van der Waals surface area contributed by atoms with Gasteiger partial charge in [-0.15, -0.1) is 12.4 Å². The van der Waals surface area contributed by atoms with Gasteiger partial charge in [0.1, 0.15) is 0 Å². The van der Waals surface area contributed by atoms with Crippen LogP contribution in [0.3, 0.4) is 0 Å². The Kier molecular flexibility index (Phi) is 7.87. The first kappa shape index (κ1) is 22.3. The fourth-order valence-electron chi connectivity index (χ4n) is 4.21. The van der Waals surface area contributed by atoms with Crippen molar-refractivity contribution in [3.63, 3.8) is 0 Å². The fourth-order valence-corrected chi connectivity index (χ4v) is 4.21. The van der Waals surface area contributed by atoms with Crippen molar-refractivity contribution in [1.82, 2.24) is 25.3 Å². The van der Waals surface area contributed by atoms with Crippen LogP contribution in [0.4, 0.5) is 0 Å². The maximum absolute atomic E-state index is 12.9. The van der Waals surface area contributed by atoms with E-state index in [-0.39, 0.29) is 30.3 Å². The van der Waals surface area contributed by atoms with E-state index in [9.17, 15) is 9.59 Å². The normalized spacial score (nSPS) is 21.1. The van der Waals surface area contributed by atoms with Crippen LogP contribution in [0.15, 0.2) is 42.7 Å². The van der Waals surface area contributed by atoms with Crippen molar-refractivity contribution in [2.45, 2.75) is 38.3 Å². The summed E-state index contributed by atoms with van der Waals surface area (Å²) < 4.78 is 1.80. The summed E-state index contributed by atoms with van der Waals surface area (Å²) in [4.78, 5) is 27.0. The molecule has 1 aromatic heterocycles. The molecule has 8 heteroatoms. The minimum atomic E-state index is -0.0493. The zero-order chi connectivity index (χ0) is 20.1. The lowest BCUT2D eigenvalue weighted by molar-refractivity contribution is -0.123. The van der Waals surface area contributed by atoms with Gasteiger partial charge in [0.25, 0.3) is 5.91 Å². The van der Waals surface area contributed by atoms with Gasteiger partial charge in [0.15, 0.2) is 0 Å². The van der Waals surface area contributed by atoms with Crippen LogP contribution in [-0.4, -0.2) is 58.7 Å². The molecular formula is C22H30ClN5O2. The van der Waals surface area contributed by atoms with Crippen molar-refractivity contribution < 1.29 is 9.59 Å². The van der Waals surface area contributed by atoms with E-state index < -0.39 is 0 Å². The van der Waals surface area contributed by atoms with Gasteiger partial charge in [-0.05, 0) is 43.7 Å². The third-order valence-electron chi connectivity index (χ3n) is 5.82. The molecule has 3 heterocycles. The molecule has 1 aromatic carbocycles. The van der Waals surface area contributed by atoms with E-state index in [2.05, 4.69) is 15.7 Å². The number of nitrogens with zero attached hydrogens (tertiary/aromatic N) is 3. The Hall–Kier alpha value is -2.38. The van der Waals surface area contributed by atoms with E-state index in [1.165, 1.54) is 0 Å². The summed E-state index contributed by atoms with van der Waals surface area (Å²) >= 11 is 0. The van der Waals surface area contributed by atoms with Crippen molar-refractivity contribution >= 4 is 24.2 Å². The van der Waals surface area contributed by atoms with Gasteiger partial charge in [-0.3, -0.25) is 14.3 Å². The third-order valence-corrected chi connectivity index (χ3v) is 5.82. The lowest BCUT2D eigenvalue weighted by Gasteiger charge is -2.32. The first-order valence-electron chi connectivity index (χ1n) is 10.6. The number of rotatable bonds is 6. The molecule has 0 radical (unpaired) electrons. The Balaban J connectivity index is 0.00000256. The first-order valence-corrected chi connectivity index (χ1v) is 10.6. The van der Waals surface area contributed by atoms with Crippen LogP contribution < -0.4 is 10.6 Å². The van der Waals surface area contributed by atoms with Gasteiger partial charge in [-0.25, -0.2) is 0 Å². The number of carbonyl (C=O) groups is 2. The SMILES string of the molecule is Cl.O=C(NCC1CCCN(C(=O)c2cnn(Cc3ccccc3)c2)C1)C1CCCN1. The number of aromatic nitrogens is 2. The van der Waals surface area contributed by atoms with Crippen molar-refractivity contribution in [3.05, 3.63) is 53.9 Å². The summed E-state index contributed by atoms with van der Waals surface area (Å²) in [6.45, 7) is 3.65. The molecule has 0 saturated carbocycles. The molecule has 2 amide bonds. The summed E-state index contributed by atoms with van der Waals surface area (Å²) in [5.74, 6) is 0.420. The standard InChI is InChI=1S/C22H29N5O2.ClH/c28-21(20-9-4-10-23-20)24-12-18-8-5-11-26(14-18)22(29)19-13-25-27(16-19)15-17-6-2-1-3-7-17;/h1-3,6-7,13,16,18,20,23H,4-5,8-12,14-15H2,(H,24,28);1H. The summed E-state index contributed by atoms with van der Waals surface area (Å²) in [6.07, 6.45) is 7.45. The van der Waals surface area contributed by atoms with Crippen molar-refractivity contribution in [3.8, 4) is 0 Å². The zero-order valence-corrected chi connectivity index (χ0v) is 17.9. The second-order valence-electron chi connectivity index (χ2n) is 8.07. The number of halogens is 1. The van der Waals surface area contributed by atoms with E-state index in [1.807, 2.05) is 41.4 Å². The molecule has 2 N–H and O–H groups in total. The van der Waals surface area contributed by atoms with Gasteiger partial charge in [-0.1, -0.05) is 30.3 Å². The van der Waals surface area contributed by atoms with E-state index in [4.69, 9.17) is 0 Å². The van der Waals surface area contributed by atoms with Gasteiger partial charge in [0, 0.05) is 25.8 Å². The number of hydrogen-bond acceptors (Lipinski definition) is 4. The minimum Gasteiger partial charge on any atom is -0.354 e. The quantitative estimate of drug-likeness (QED) is 0.733. The van der Waals surface area contributed by atoms with Crippen LogP contribution >= 0.6 is 12.4 Å². The van der Waals surface area contributed by atoms with Crippen molar-refractivity contribution in [2.75, 3.05) is 26.2 Å². The molecular weight excluding hydrogens is 402 g/mol. The Morgan fingerprint density at radius 2 is 2.00 bits per heavy atom. The second-order valence-corrected chi connectivity index (χ2v) is 8.07. The molecule has 4 rings (SSSR count). The first-order chi connectivity index (χ1) is 14.2. The fraction of sp³-hybridized carbons (Fsp3) is 0.500. The number of carbonyl (C=O) groups excluding carboxylic acids is 2. The second kappa shape index (κ2) is 10.6. The highest BCUT2D eigenvalue weighted by Crippen LogP contribution is 2.18. The number of hydrogen-bond donors (Lipinski definition) is 2. The lowest BCUT2D eigenvalue weighted by atomic mass is 9.97. The smallest absolute Gasteiger partial charge is 0.257 e. The molecule has 0 bridgehead atoms. The zero-order valence-electron chi connectivity index (χ0n) is 17.1. The predicted molar refractivity (Wildman–Crippen MR) is 118 cm³/mol. The highest BCUT2D eigenvalue weighted by Gasteiger charge is 2.27. The average Bonchev–Trinajstić information content (AvgIpc) is 3.45.